The van der Waals surface area contributed by atoms with Gasteiger partial charge in [0.1, 0.15) is 0 Å². The lowest BCUT2D eigenvalue weighted by Gasteiger charge is -2.23. The maximum absolute atomic E-state index is 13.5. The van der Waals surface area contributed by atoms with E-state index in [2.05, 4.69) is 4.98 Å². The van der Waals surface area contributed by atoms with E-state index >= 15 is 0 Å². The molecular weight excluding hydrogens is 482 g/mol. The van der Waals surface area contributed by atoms with E-state index in [9.17, 15) is 13.2 Å². The Labute approximate surface area is 202 Å². The van der Waals surface area contributed by atoms with Crippen LogP contribution in [0.4, 0.5) is 5.13 Å². The van der Waals surface area contributed by atoms with E-state index in [1.807, 2.05) is 12.1 Å². The predicted molar refractivity (Wildman–Crippen MR) is 130 cm³/mol. The van der Waals surface area contributed by atoms with Gasteiger partial charge >= 0.3 is 0 Å². The summed E-state index contributed by atoms with van der Waals surface area (Å²) < 4.78 is 33.7. The molecule has 1 atom stereocenters. The van der Waals surface area contributed by atoms with E-state index in [1.165, 1.54) is 27.8 Å². The minimum atomic E-state index is -3.57. The molecule has 2 aromatic carbocycles. The summed E-state index contributed by atoms with van der Waals surface area (Å²) in [5.41, 5.74) is 1.17. The van der Waals surface area contributed by atoms with E-state index < -0.39 is 10.0 Å². The Morgan fingerprint density at radius 3 is 2.61 bits per heavy atom. The van der Waals surface area contributed by atoms with Crippen molar-refractivity contribution in [3.05, 3.63) is 53.1 Å². The SMILES string of the molecule is CN(C1CC1)S(=O)(=O)c1ccc(C(=O)N(CC2CCCO2)c2nc3ccc(Cl)cc3s2)cc1. The fraction of sp³-hybridized carbons (Fsp3) is 0.391. The van der Waals surface area contributed by atoms with Crippen molar-refractivity contribution in [3.8, 4) is 0 Å². The van der Waals surface area contributed by atoms with E-state index in [4.69, 9.17) is 16.3 Å². The molecule has 1 amide bonds. The molecule has 0 bridgehead atoms. The molecule has 1 saturated carbocycles. The zero-order valence-electron chi connectivity index (χ0n) is 18.1. The average Bonchev–Trinajstić information content (AvgIpc) is 3.36. The number of hydrogen-bond acceptors (Lipinski definition) is 6. The number of benzene rings is 2. The maximum atomic E-state index is 13.5. The molecule has 1 unspecified atom stereocenters. The molecule has 0 spiro atoms. The highest BCUT2D eigenvalue weighted by atomic mass is 35.5. The van der Waals surface area contributed by atoms with Crippen LogP contribution in [0.2, 0.25) is 5.02 Å². The van der Waals surface area contributed by atoms with Gasteiger partial charge < -0.3 is 4.74 Å². The zero-order valence-corrected chi connectivity index (χ0v) is 20.5. The van der Waals surface area contributed by atoms with Crippen molar-refractivity contribution in [3.63, 3.8) is 0 Å². The molecule has 174 valence electrons. The molecule has 7 nitrogen and oxygen atoms in total. The normalized spacial score (nSPS) is 18.8. The van der Waals surface area contributed by atoms with Crippen LogP contribution in [-0.2, 0) is 14.8 Å². The molecule has 10 heteroatoms. The summed E-state index contributed by atoms with van der Waals surface area (Å²) in [6.45, 7) is 1.07. The largest absolute Gasteiger partial charge is 0.376 e. The van der Waals surface area contributed by atoms with Gasteiger partial charge in [-0.3, -0.25) is 9.69 Å². The highest BCUT2D eigenvalue weighted by Gasteiger charge is 2.35. The van der Waals surface area contributed by atoms with Gasteiger partial charge in [-0.1, -0.05) is 22.9 Å². The van der Waals surface area contributed by atoms with E-state index in [0.29, 0.717) is 28.9 Å². The summed E-state index contributed by atoms with van der Waals surface area (Å²) in [6.07, 6.45) is 3.56. The number of hydrogen-bond donors (Lipinski definition) is 0. The lowest BCUT2D eigenvalue weighted by atomic mass is 10.2. The van der Waals surface area contributed by atoms with Crippen LogP contribution in [-0.4, -0.2) is 56.0 Å². The summed E-state index contributed by atoms with van der Waals surface area (Å²) in [7, 11) is -1.96. The first-order valence-electron chi connectivity index (χ1n) is 10.9. The van der Waals surface area contributed by atoms with Crippen molar-refractivity contribution in [2.24, 2.45) is 0 Å². The van der Waals surface area contributed by atoms with Crippen molar-refractivity contribution in [2.45, 2.75) is 42.7 Å². The van der Waals surface area contributed by atoms with Crippen molar-refractivity contribution in [1.29, 1.82) is 0 Å². The highest BCUT2D eigenvalue weighted by molar-refractivity contribution is 7.89. The molecule has 1 aromatic heterocycles. The van der Waals surface area contributed by atoms with Gasteiger partial charge in [0, 0.05) is 30.3 Å². The maximum Gasteiger partial charge on any atom is 0.260 e. The first-order valence-corrected chi connectivity index (χ1v) is 13.5. The number of fused-ring (bicyclic) bond motifs is 1. The number of aromatic nitrogens is 1. The molecular formula is C23H24ClN3O4S2. The fourth-order valence-electron chi connectivity index (χ4n) is 3.97. The number of nitrogens with zero attached hydrogens (tertiary/aromatic N) is 3. The number of halogens is 1. The number of anilines is 1. The van der Waals surface area contributed by atoms with Crippen LogP contribution in [0.5, 0.6) is 0 Å². The van der Waals surface area contributed by atoms with Gasteiger partial charge in [-0.05, 0) is 68.1 Å². The third-order valence-electron chi connectivity index (χ3n) is 6.06. The molecule has 2 aliphatic rings. The van der Waals surface area contributed by atoms with Crippen LogP contribution in [0.15, 0.2) is 47.4 Å². The Hall–Kier alpha value is -2.04. The number of rotatable bonds is 7. The van der Waals surface area contributed by atoms with Crippen molar-refractivity contribution >= 4 is 54.2 Å². The molecule has 0 radical (unpaired) electrons. The van der Waals surface area contributed by atoms with Crippen LogP contribution in [0.25, 0.3) is 10.2 Å². The van der Waals surface area contributed by atoms with E-state index in [1.54, 1.807) is 30.1 Å². The lowest BCUT2D eigenvalue weighted by molar-refractivity contribution is 0.0917. The Morgan fingerprint density at radius 2 is 1.94 bits per heavy atom. The Morgan fingerprint density at radius 1 is 1.18 bits per heavy atom. The molecule has 1 saturated heterocycles. The molecule has 33 heavy (non-hydrogen) atoms. The number of carbonyl (C=O) groups is 1. The minimum absolute atomic E-state index is 0.0589. The molecule has 0 N–H and O–H groups in total. The van der Waals surface area contributed by atoms with Gasteiger partial charge in [-0.25, -0.2) is 13.4 Å². The molecule has 1 aliphatic heterocycles. The predicted octanol–water partition coefficient (Wildman–Crippen LogP) is 4.56. The lowest BCUT2D eigenvalue weighted by Crippen LogP contribution is -2.37. The third kappa shape index (κ3) is 4.65. The molecule has 2 heterocycles. The number of thiazole rings is 1. The van der Waals surface area contributed by atoms with Crippen LogP contribution >= 0.6 is 22.9 Å². The fourth-order valence-corrected chi connectivity index (χ4v) is 6.63. The Kier molecular flexibility index (Phi) is 6.17. The van der Waals surface area contributed by atoms with E-state index in [0.717, 1.165) is 35.9 Å². The van der Waals surface area contributed by atoms with Gasteiger partial charge in [0.05, 0.1) is 27.8 Å². The Balaban J connectivity index is 1.44. The second-order valence-electron chi connectivity index (χ2n) is 8.44. The van der Waals surface area contributed by atoms with Crippen LogP contribution in [0.1, 0.15) is 36.0 Å². The van der Waals surface area contributed by atoms with Gasteiger partial charge in [-0.15, -0.1) is 0 Å². The average molecular weight is 506 g/mol. The zero-order chi connectivity index (χ0) is 23.2. The molecule has 1 aliphatic carbocycles. The van der Waals surface area contributed by atoms with Gasteiger partial charge in [0.2, 0.25) is 10.0 Å². The second-order valence-corrected chi connectivity index (χ2v) is 11.9. The first-order chi connectivity index (χ1) is 15.8. The standard InChI is InChI=1S/C23H24ClN3O4S2/c1-26(17-7-8-17)33(29,30)19-9-4-15(5-10-19)22(28)27(14-18-3-2-12-31-18)23-25-20-11-6-16(24)13-21(20)32-23/h4-6,9-11,13,17-18H,2-3,7-8,12,14H2,1H3. The summed E-state index contributed by atoms with van der Waals surface area (Å²) in [6, 6.07) is 11.7. The summed E-state index contributed by atoms with van der Waals surface area (Å²) in [5.74, 6) is -0.241. The Bertz CT molecular complexity index is 1280. The monoisotopic (exact) mass is 505 g/mol. The van der Waals surface area contributed by atoms with Crippen molar-refractivity contribution in [1.82, 2.24) is 9.29 Å². The second kappa shape index (κ2) is 8.96. The molecule has 3 aromatic rings. The number of amides is 1. The van der Waals surface area contributed by atoms with E-state index in [-0.39, 0.29) is 22.9 Å². The molecule has 2 fully saturated rings. The number of ether oxygens (including phenoxy) is 1. The van der Waals surface area contributed by atoms with Crippen LogP contribution in [0, 0.1) is 0 Å². The van der Waals surface area contributed by atoms with Crippen LogP contribution < -0.4 is 4.90 Å². The van der Waals surface area contributed by atoms with Gasteiger partial charge in [0.25, 0.3) is 5.91 Å². The highest BCUT2D eigenvalue weighted by Crippen LogP contribution is 2.33. The summed E-state index contributed by atoms with van der Waals surface area (Å²) >= 11 is 7.53. The van der Waals surface area contributed by atoms with Crippen LogP contribution in [0.3, 0.4) is 0 Å². The van der Waals surface area contributed by atoms with Gasteiger partial charge in [0.15, 0.2) is 5.13 Å². The smallest absolute Gasteiger partial charge is 0.260 e. The van der Waals surface area contributed by atoms with Crippen molar-refractivity contribution in [2.75, 3.05) is 25.1 Å². The quantitative estimate of drug-likeness (QED) is 0.470. The summed E-state index contributed by atoms with van der Waals surface area (Å²) in [4.78, 5) is 20.0. The topological polar surface area (TPSA) is 79.8 Å². The third-order valence-corrected chi connectivity index (χ3v) is 9.27. The molecule has 5 rings (SSSR count). The minimum Gasteiger partial charge on any atom is -0.376 e. The summed E-state index contributed by atoms with van der Waals surface area (Å²) in [5, 5.41) is 1.18. The van der Waals surface area contributed by atoms with Gasteiger partial charge in [-0.2, -0.15) is 4.31 Å². The van der Waals surface area contributed by atoms with Crippen molar-refractivity contribution < 1.29 is 17.9 Å². The first kappa shape index (κ1) is 22.7. The number of sulfonamides is 1. The number of carbonyl (C=O) groups excluding carboxylic acids is 1.